The molecule has 61 heavy (non-hydrogen) atoms. The third-order valence-corrected chi connectivity index (χ3v) is 17.5. The molecule has 0 N–H and O–H groups in total. The molecular formula is C54H62N4OSe2. The van der Waals surface area contributed by atoms with E-state index < -0.39 is 0 Å². The normalized spacial score (nSPS) is 13.0. The molecule has 316 valence electrons. The second-order valence-corrected chi connectivity index (χ2v) is 26.2. The van der Waals surface area contributed by atoms with Crippen LogP contribution in [0.25, 0.3) is 61.1 Å². The fraction of sp³-hybridized carbons (Fsp3) is 0.407. The van der Waals surface area contributed by atoms with Gasteiger partial charge in [0.1, 0.15) is 0 Å². The van der Waals surface area contributed by atoms with E-state index >= 15 is 0 Å². The monoisotopic (exact) mass is 942 g/mol. The molecule has 0 saturated carbocycles. The first-order valence-electron chi connectivity index (χ1n) is 21.7. The van der Waals surface area contributed by atoms with Gasteiger partial charge in [0, 0.05) is 0 Å². The van der Waals surface area contributed by atoms with Gasteiger partial charge in [-0.15, -0.1) is 0 Å². The predicted molar refractivity (Wildman–Crippen MR) is 262 cm³/mol. The fourth-order valence-corrected chi connectivity index (χ4v) is 14.5. The molecular weight excluding hydrogens is 879 g/mol. The zero-order chi connectivity index (χ0) is 44.1. The standard InChI is InChI=1S/C54H62N4OSe2/c1-29-33(27-51(5,6)7)17-19-41-43-31(3)55-57-45(49(43)60-47(29)41)35-21-37(53(11,12)13)25-39(23-35)59-40-24-36(22-38(26-40)54(14,15)16)46-50-44(32(4)56-58-46)42-20-18-34(28-52(8,9)10)30(2)48(42)61-50/h17-26H,27-28H2,1-16H3. The van der Waals surface area contributed by atoms with Crippen molar-refractivity contribution in [3.8, 4) is 34.0 Å². The molecule has 4 aromatic carbocycles. The molecule has 4 heterocycles. The summed E-state index contributed by atoms with van der Waals surface area (Å²) in [6.45, 7) is 36.4. The zero-order valence-electron chi connectivity index (χ0n) is 39.2. The molecule has 8 rings (SSSR count). The van der Waals surface area contributed by atoms with Gasteiger partial charge in [-0.05, 0) is 0 Å². The van der Waals surface area contributed by atoms with Gasteiger partial charge in [0.15, 0.2) is 0 Å². The summed E-state index contributed by atoms with van der Waals surface area (Å²) in [6, 6.07) is 22.8. The van der Waals surface area contributed by atoms with Gasteiger partial charge in [-0.2, -0.15) is 0 Å². The topological polar surface area (TPSA) is 60.8 Å². The van der Waals surface area contributed by atoms with Crippen LogP contribution in [-0.2, 0) is 23.7 Å². The first-order chi connectivity index (χ1) is 28.4. The molecule has 0 saturated heterocycles. The molecule has 0 aliphatic heterocycles. The summed E-state index contributed by atoms with van der Waals surface area (Å²) in [5, 5.41) is 24.7. The Hall–Kier alpha value is -4.12. The summed E-state index contributed by atoms with van der Waals surface area (Å²) in [5.41, 5.74) is 14.3. The molecule has 5 nitrogen and oxygen atoms in total. The maximum atomic E-state index is 7.06. The van der Waals surface area contributed by atoms with Crippen LogP contribution in [0, 0.1) is 38.5 Å². The Kier molecular flexibility index (Phi) is 10.9. The van der Waals surface area contributed by atoms with E-state index in [4.69, 9.17) is 25.1 Å². The minimum absolute atomic E-state index is 0.0938. The molecule has 7 heteroatoms. The van der Waals surface area contributed by atoms with E-state index in [-0.39, 0.29) is 50.7 Å². The molecule has 0 fully saturated rings. The van der Waals surface area contributed by atoms with Crippen LogP contribution in [-0.4, -0.2) is 49.4 Å². The second-order valence-electron chi connectivity index (χ2n) is 21.9. The second kappa shape index (κ2) is 15.3. The molecule has 0 amide bonds. The van der Waals surface area contributed by atoms with Crippen molar-refractivity contribution in [1.82, 2.24) is 20.4 Å². The number of rotatable bonds is 6. The van der Waals surface area contributed by atoms with Crippen molar-refractivity contribution in [2.45, 2.75) is 134 Å². The summed E-state index contributed by atoms with van der Waals surface area (Å²) < 4.78 is 12.6. The van der Waals surface area contributed by atoms with Gasteiger partial charge in [0.25, 0.3) is 0 Å². The number of hydrogen-bond acceptors (Lipinski definition) is 5. The number of nitrogens with zero attached hydrogens (tertiary/aromatic N) is 4. The fourth-order valence-electron chi connectivity index (χ4n) is 8.66. The molecule has 8 aromatic rings. The van der Waals surface area contributed by atoms with Crippen molar-refractivity contribution in [1.29, 1.82) is 0 Å². The summed E-state index contributed by atoms with van der Waals surface area (Å²) in [6.07, 6.45) is 2.11. The van der Waals surface area contributed by atoms with E-state index in [1.165, 1.54) is 72.0 Å². The molecule has 0 spiro atoms. The van der Waals surface area contributed by atoms with Gasteiger partial charge in [0.2, 0.25) is 0 Å². The molecule has 0 aliphatic carbocycles. The van der Waals surface area contributed by atoms with Crippen molar-refractivity contribution in [2.24, 2.45) is 10.8 Å². The van der Waals surface area contributed by atoms with E-state index in [1.54, 1.807) is 0 Å². The minimum atomic E-state index is -0.125. The van der Waals surface area contributed by atoms with Gasteiger partial charge in [0.05, 0.1) is 0 Å². The van der Waals surface area contributed by atoms with E-state index in [1.807, 2.05) is 0 Å². The summed E-state index contributed by atoms with van der Waals surface area (Å²) in [7, 11) is 0. The molecule has 4 aromatic heterocycles. The first-order valence-corrected chi connectivity index (χ1v) is 25.1. The van der Waals surface area contributed by atoms with Crippen LogP contribution in [0.2, 0.25) is 0 Å². The Morgan fingerprint density at radius 1 is 0.459 bits per heavy atom. The molecule has 0 radical (unpaired) electrons. The van der Waals surface area contributed by atoms with Gasteiger partial charge in [-0.1, -0.05) is 0 Å². The third kappa shape index (κ3) is 8.53. The molecule has 0 unspecified atom stereocenters. The average molecular weight is 941 g/mol. The Morgan fingerprint density at radius 2 is 0.836 bits per heavy atom. The number of aryl methyl sites for hydroxylation is 4. The van der Waals surface area contributed by atoms with E-state index in [0.29, 0.717) is 0 Å². The van der Waals surface area contributed by atoms with Crippen LogP contribution in [0.3, 0.4) is 0 Å². The van der Waals surface area contributed by atoms with E-state index in [9.17, 15) is 0 Å². The van der Waals surface area contributed by atoms with Gasteiger partial charge >= 0.3 is 377 Å². The molecule has 0 atom stereocenters. The summed E-state index contributed by atoms with van der Waals surface area (Å²) in [5.74, 6) is 1.59. The van der Waals surface area contributed by atoms with Crippen LogP contribution in [0.4, 0.5) is 0 Å². The number of hydrogen-bond donors (Lipinski definition) is 0. The maximum absolute atomic E-state index is 7.06. The van der Waals surface area contributed by atoms with Crippen molar-refractivity contribution in [3.05, 3.63) is 105 Å². The number of fused-ring (bicyclic) bond motifs is 6. The Balaban J connectivity index is 1.28. The number of aromatic nitrogens is 4. The van der Waals surface area contributed by atoms with Crippen molar-refractivity contribution >= 4 is 67.6 Å². The SMILES string of the molecule is Cc1c(CC(C)(C)C)ccc2c1[se]c1c(-c3cc(Oc4cc(-c5nnc(C)c6c5[se]c5c(C)c(CC(C)(C)C)ccc56)cc(C(C)(C)C)c4)cc(C(C)(C)C)c3)nnc(C)c12. The van der Waals surface area contributed by atoms with Crippen molar-refractivity contribution in [2.75, 3.05) is 0 Å². The number of ether oxygens (including phenoxy) is 1. The summed E-state index contributed by atoms with van der Waals surface area (Å²) >= 11 is 0.188. The zero-order valence-corrected chi connectivity index (χ0v) is 42.6. The number of benzene rings is 4. The average Bonchev–Trinajstić information content (AvgIpc) is 3.74. The Labute approximate surface area is 375 Å². The van der Waals surface area contributed by atoms with E-state index in [2.05, 4.69) is 171 Å². The van der Waals surface area contributed by atoms with Crippen LogP contribution in [0.5, 0.6) is 11.5 Å². The molecule has 0 aliphatic rings. The predicted octanol–water partition coefficient (Wildman–Crippen LogP) is 14.1. The van der Waals surface area contributed by atoms with Crippen LogP contribution in [0.15, 0.2) is 60.7 Å². The first kappa shape index (κ1) is 43.5. The Morgan fingerprint density at radius 3 is 1.18 bits per heavy atom. The summed E-state index contributed by atoms with van der Waals surface area (Å²) in [4.78, 5) is 0. The van der Waals surface area contributed by atoms with Gasteiger partial charge in [-0.25, -0.2) is 0 Å². The quantitative estimate of drug-likeness (QED) is 0.155. The van der Waals surface area contributed by atoms with Crippen LogP contribution in [0.1, 0.15) is 128 Å². The Bertz CT molecular complexity index is 2820. The van der Waals surface area contributed by atoms with E-state index in [0.717, 1.165) is 58.2 Å². The van der Waals surface area contributed by atoms with Crippen LogP contribution < -0.4 is 4.74 Å². The van der Waals surface area contributed by atoms with Crippen LogP contribution >= 0.6 is 0 Å². The van der Waals surface area contributed by atoms with Crippen molar-refractivity contribution in [3.63, 3.8) is 0 Å². The van der Waals surface area contributed by atoms with Gasteiger partial charge < -0.3 is 0 Å². The molecule has 0 bridgehead atoms. The van der Waals surface area contributed by atoms with Crippen molar-refractivity contribution < 1.29 is 4.74 Å². The third-order valence-electron chi connectivity index (χ3n) is 12.0. The van der Waals surface area contributed by atoms with Gasteiger partial charge in [-0.3, -0.25) is 0 Å².